The summed E-state index contributed by atoms with van der Waals surface area (Å²) < 4.78 is 0. The van der Waals surface area contributed by atoms with Crippen molar-refractivity contribution < 1.29 is 4.79 Å². The largest absolute Gasteiger partial charge is 0.367 e. The quantitative estimate of drug-likeness (QED) is 0.855. The molecule has 0 bridgehead atoms. The minimum absolute atomic E-state index is 0.270. The van der Waals surface area contributed by atoms with Crippen LogP contribution in [-0.4, -0.2) is 25.0 Å². The number of carbonyl (C=O) groups excluding carboxylic acids is 1. The molecular weight excluding hydrogens is 238 g/mol. The Bertz CT molecular complexity index is 436. The Balaban J connectivity index is 2.42. The van der Waals surface area contributed by atoms with Gasteiger partial charge in [0.05, 0.1) is 11.3 Å². The molecule has 1 heterocycles. The van der Waals surface area contributed by atoms with Crippen LogP contribution in [0.5, 0.6) is 0 Å². The van der Waals surface area contributed by atoms with E-state index in [1.807, 2.05) is 0 Å². The second-order valence-corrected chi connectivity index (χ2v) is 4.69. The molecule has 1 amide bonds. The number of carbonyl (C=O) groups is 1. The minimum atomic E-state index is -0.431. The number of nitrogens with zero attached hydrogens (tertiary/aromatic N) is 1. The molecule has 0 aromatic heterocycles. The number of hydrogen-bond donors (Lipinski definition) is 2. The fourth-order valence-corrected chi connectivity index (χ4v) is 2.52. The molecule has 1 aliphatic heterocycles. The summed E-state index contributed by atoms with van der Waals surface area (Å²) in [5.41, 5.74) is 12.4. The summed E-state index contributed by atoms with van der Waals surface area (Å²) >= 11 is 5.98. The van der Waals surface area contributed by atoms with E-state index in [4.69, 9.17) is 23.1 Å². The Labute approximate surface area is 106 Å². The van der Waals surface area contributed by atoms with E-state index in [0.29, 0.717) is 17.1 Å². The highest BCUT2D eigenvalue weighted by Crippen LogP contribution is 2.30. The van der Waals surface area contributed by atoms with E-state index < -0.39 is 5.91 Å². The number of hydrogen-bond acceptors (Lipinski definition) is 3. The minimum Gasteiger partial charge on any atom is -0.367 e. The lowest BCUT2D eigenvalue weighted by Crippen LogP contribution is -2.36. The highest BCUT2D eigenvalue weighted by atomic mass is 35.5. The highest BCUT2D eigenvalue weighted by molar-refractivity contribution is 6.31. The zero-order chi connectivity index (χ0) is 12.4. The number of primary amides is 1. The molecule has 0 spiro atoms. The van der Waals surface area contributed by atoms with Gasteiger partial charge < -0.3 is 16.4 Å². The Hall–Kier alpha value is -1.26. The first-order valence-corrected chi connectivity index (χ1v) is 6.07. The van der Waals surface area contributed by atoms with Crippen molar-refractivity contribution in [3.63, 3.8) is 0 Å². The first-order chi connectivity index (χ1) is 8.13. The molecular formula is C12H16ClN3O. The van der Waals surface area contributed by atoms with Crippen LogP contribution in [0, 0.1) is 0 Å². The van der Waals surface area contributed by atoms with Crippen molar-refractivity contribution in [1.29, 1.82) is 0 Å². The number of amides is 1. The van der Waals surface area contributed by atoms with Crippen molar-refractivity contribution in [2.24, 2.45) is 11.5 Å². The van der Waals surface area contributed by atoms with Crippen LogP contribution in [-0.2, 0) is 0 Å². The van der Waals surface area contributed by atoms with E-state index in [2.05, 4.69) is 4.90 Å². The maximum atomic E-state index is 11.4. The molecule has 1 fully saturated rings. The van der Waals surface area contributed by atoms with Crippen LogP contribution in [0.25, 0.3) is 0 Å². The predicted molar refractivity (Wildman–Crippen MR) is 69.4 cm³/mol. The van der Waals surface area contributed by atoms with Gasteiger partial charge in [-0.2, -0.15) is 0 Å². The van der Waals surface area contributed by atoms with Crippen LogP contribution in [0.15, 0.2) is 18.2 Å². The SMILES string of the molecule is NCC1CCCN1c1cc(Cl)ccc1C(N)=O. The molecule has 92 valence electrons. The van der Waals surface area contributed by atoms with Crippen molar-refractivity contribution in [1.82, 2.24) is 0 Å². The van der Waals surface area contributed by atoms with Gasteiger partial charge in [0.15, 0.2) is 0 Å². The van der Waals surface area contributed by atoms with Gasteiger partial charge in [0.1, 0.15) is 0 Å². The van der Waals surface area contributed by atoms with Gasteiger partial charge >= 0.3 is 0 Å². The van der Waals surface area contributed by atoms with Gasteiger partial charge in [0.2, 0.25) is 0 Å². The molecule has 0 aliphatic carbocycles. The maximum absolute atomic E-state index is 11.4. The lowest BCUT2D eigenvalue weighted by atomic mass is 10.1. The summed E-state index contributed by atoms with van der Waals surface area (Å²) in [4.78, 5) is 13.5. The van der Waals surface area contributed by atoms with Crippen LogP contribution in [0.4, 0.5) is 5.69 Å². The van der Waals surface area contributed by atoms with E-state index in [-0.39, 0.29) is 6.04 Å². The van der Waals surface area contributed by atoms with Crippen molar-refractivity contribution >= 4 is 23.2 Å². The Kier molecular flexibility index (Phi) is 3.54. The molecule has 17 heavy (non-hydrogen) atoms. The Morgan fingerprint density at radius 2 is 2.29 bits per heavy atom. The standard InChI is InChI=1S/C12H16ClN3O/c13-8-3-4-10(12(15)17)11(6-8)16-5-1-2-9(16)7-14/h3-4,6,9H,1-2,5,7,14H2,(H2,15,17). The maximum Gasteiger partial charge on any atom is 0.250 e. The number of anilines is 1. The van der Waals surface area contributed by atoms with Crippen molar-refractivity contribution in [3.05, 3.63) is 28.8 Å². The lowest BCUT2D eigenvalue weighted by molar-refractivity contribution is 0.100. The van der Waals surface area contributed by atoms with E-state index in [1.165, 1.54) is 0 Å². The molecule has 1 aromatic rings. The lowest BCUT2D eigenvalue weighted by Gasteiger charge is -2.27. The average Bonchev–Trinajstić information content (AvgIpc) is 2.76. The second-order valence-electron chi connectivity index (χ2n) is 4.25. The van der Waals surface area contributed by atoms with Crippen molar-refractivity contribution in [3.8, 4) is 0 Å². The van der Waals surface area contributed by atoms with Crippen LogP contribution < -0.4 is 16.4 Å². The summed E-state index contributed by atoms with van der Waals surface area (Å²) in [5.74, 6) is -0.431. The van der Waals surface area contributed by atoms with Crippen LogP contribution in [0.2, 0.25) is 5.02 Å². The molecule has 5 heteroatoms. The third-order valence-corrected chi connectivity index (χ3v) is 3.42. The molecule has 4 nitrogen and oxygen atoms in total. The molecule has 1 aromatic carbocycles. The van der Waals surface area contributed by atoms with Gasteiger partial charge in [-0.3, -0.25) is 4.79 Å². The summed E-state index contributed by atoms with van der Waals surface area (Å²) in [6, 6.07) is 5.41. The van der Waals surface area contributed by atoms with Crippen LogP contribution in [0.3, 0.4) is 0 Å². The monoisotopic (exact) mass is 253 g/mol. The highest BCUT2D eigenvalue weighted by Gasteiger charge is 2.26. The normalized spacial score (nSPS) is 19.6. The second kappa shape index (κ2) is 4.94. The summed E-state index contributed by atoms with van der Waals surface area (Å²) in [5, 5.41) is 0.604. The fourth-order valence-electron chi connectivity index (χ4n) is 2.35. The van der Waals surface area contributed by atoms with Gasteiger partial charge in [0.25, 0.3) is 5.91 Å². The summed E-state index contributed by atoms with van der Waals surface area (Å²) in [6.07, 6.45) is 2.12. The van der Waals surface area contributed by atoms with Crippen LogP contribution in [0.1, 0.15) is 23.2 Å². The third-order valence-electron chi connectivity index (χ3n) is 3.18. The fraction of sp³-hybridized carbons (Fsp3) is 0.417. The third kappa shape index (κ3) is 2.37. The van der Waals surface area contributed by atoms with E-state index in [9.17, 15) is 4.79 Å². The summed E-state index contributed by atoms with van der Waals surface area (Å²) in [6.45, 7) is 1.47. The molecule has 0 radical (unpaired) electrons. The topological polar surface area (TPSA) is 72.3 Å². The first kappa shape index (κ1) is 12.2. The van der Waals surface area contributed by atoms with Crippen molar-refractivity contribution in [2.45, 2.75) is 18.9 Å². The molecule has 1 aliphatic rings. The van der Waals surface area contributed by atoms with Gasteiger partial charge in [-0.1, -0.05) is 11.6 Å². The predicted octanol–water partition coefficient (Wildman–Crippen LogP) is 1.37. The van der Waals surface area contributed by atoms with Gasteiger partial charge in [0, 0.05) is 24.2 Å². The molecule has 1 atom stereocenters. The van der Waals surface area contributed by atoms with E-state index in [0.717, 1.165) is 25.1 Å². The Morgan fingerprint density at radius 1 is 1.53 bits per heavy atom. The molecule has 2 rings (SSSR count). The smallest absolute Gasteiger partial charge is 0.250 e. The number of halogens is 1. The number of rotatable bonds is 3. The first-order valence-electron chi connectivity index (χ1n) is 5.69. The van der Waals surface area contributed by atoms with Gasteiger partial charge in [-0.15, -0.1) is 0 Å². The van der Waals surface area contributed by atoms with E-state index in [1.54, 1.807) is 18.2 Å². The van der Waals surface area contributed by atoms with Gasteiger partial charge in [-0.25, -0.2) is 0 Å². The van der Waals surface area contributed by atoms with Gasteiger partial charge in [-0.05, 0) is 31.0 Å². The number of nitrogens with two attached hydrogens (primary N) is 2. The molecule has 0 saturated carbocycles. The van der Waals surface area contributed by atoms with Crippen LogP contribution >= 0.6 is 11.6 Å². The zero-order valence-electron chi connectivity index (χ0n) is 9.53. The summed E-state index contributed by atoms with van der Waals surface area (Å²) in [7, 11) is 0. The van der Waals surface area contributed by atoms with E-state index >= 15 is 0 Å². The molecule has 4 N–H and O–H groups in total. The van der Waals surface area contributed by atoms with Crippen molar-refractivity contribution in [2.75, 3.05) is 18.0 Å². The molecule has 1 saturated heterocycles. The molecule has 1 unspecified atom stereocenters. The Morgan fingerprint density at radius 3 is 2.94 bits per heavy atom. The zero-order valence-corrected chi connectivity index (χ0v) is 10.3. The number of benzene rings is 1. The average molecular weight is 254 g/mol.